The van der Waals surface area contributed by atoms with Crippen LogP contribution in [0.3, 0.4) is 0 Å². The average molecular weight is 311 g/mol. The molecule has 1 aromatic rings. The summed E-state index contributed by atoms with van der Waals surface area (Å²) in [5.74, 6) is 4.36. The summed E-state index contributed by atoms with van der Waals surface area (Å²) in [6.07, 6.45) is 2.00. The number of nitrogens with one attached hydrogen (secondary N) is 1. The van der Waals surface area contributed by atoms with Crippen molar-refractivity contribution in [2.45, 2.75) is 37.1 Å². The Labute approximate surface area is 124 Å². The summed E-state index contributed by atoms with van der Waals surface area (Å²) in [5.41, 5.74) is -0.477. The van der Waals surface area contributed by atoms with Crippen LogP contribution < -0.4 is 4.72 Å². The minimum atomic E-state index is -3.77. The number of hydrogen-bond acceptors (Lipinski definition) is 3. The lowest BCUT2D eigenvalue weighted by Gasteiger charge is -2.25. The van der Waals surface area contributed by atoms with Crippen LogP contribution in [0.4, 0.5) is 4.39 Å². The maximum absolute atomic E-state index is 13.8. The van der Waals surface area contributed by atoms with Crippen molar-refractivity contribution in [2.75, 3.05) is 6.61 Å². The van der Waals surface area contributed by atoms with Crippen molar-refractivity contribution in [1.82, 2.24) is 4.72 Å². The number of aliphatic hydroxyl groups is 1. The first-order chi connectivity index (χ1) is 9.76. The standard InChI is InChI=1S/C15H18FNO3S/c1-15(2,12-6-7-12)17-21(19,20)13-8-5-11(4-3-9-18)14(16)10-13/h5,8,10,12,17-18H,6-7,9H2,1-2H3. The van der Waals surface area contributed by atoms with Crippen LogP contribution in [-0.4, -0.2) is 25.7 Å². The van der Waals surface area contributed by atoms with E-state index in [9.17, 15) is 12.8 Å². The molecule has 1 aromatic carbocycles. The third-order valence-electron chi connectivity index (χ3n) is 3.55. The van der Waals surface area contributed by atoms with Gasteiger partial charge in [-0.05, 0) is 50.8 Å². The van der Waals surface area contributed by atoms with Crippen LogP contribution >= 0.6 is 0 Å². The average Bonchev–Trinajstić information content (AvgIpc) is 3.20. The molecule has 4 nitrogen and oxygen atoms in total. The quantitative estimate of drug-likeness (QED) is 0.831. The van der Waals surface area contributed by atoms with E-state index < -0.39 is 21.4 Å². The van der Waals surface area contributed by atoms with E-state index in [0.29, 0.717) is 5.92 Å². The molecular formula is C15H18FNO3S. The summed E-state index contributed by atoms with van der Waals surface area (Å²) in [6.45, 7) is 3.29. The van der Waals surface area contributed by atoms with Crippen LogP contribution in [0, 0.1) is 23.6 Å². The first-order valence-electron chi connectivity index (χ1n) is 6.69. The maximum Gasteiger partial charge on any atom is 0.241 e. The molecule has 6 heteroatoms. The smallest absolute Gasteiger partial charge is 0.241 e. The molecule has 0 saturated heterocycles. The summed E-state index contributed by atoms with van der Waals surface area (Å²) < 4.78 is 41.1. The van der Waals surface area contributed by atoms with Crippen LogP contribution in [0.5, 0.6) is 0 Å². The Kier molecular flexibility index (Phi) is 4.38. The van der Waals surface area contributed by atoms with E-state index in [1.807, 2.05) is 13.8 Å². The number of halogens is 1. The first kappa shape index (κ1) is 16.0. The summed E-state index contributed by atoms with van der Waals surface area (Å²) in [6, 6.07) is 3.57. The van der Waals surface area contributed by atoms with E-state index in [0.717, 1.165) is 18.9 Å². The van der Waals surface area contributed by atoms with Crippen LogP contribution in [-0.2, 0) is 10.0 Å². The summed E-state index contributed by atoms with van der Waals surface area (Å²) >= 11 is 0. The van der Waals surface area contributed by atoms with Crippen LogP contribution in [0.15, 0.2) is 23.1 Å². The topological polar surface area (TPSA) is 66.4 Å². The van der Waals surface area contributed by atoms with Gasteiger partial charge in [-0.1, -0.05) is 11.8 Å². The molecule has 1 saturated carbocycles. The van der Waals surface area contributed by atoms with E-state index in [1.54, 1.807) is 0 Å². The maximum atomic E-state index is 13.8. The summed E-state index contributed by atoms with van der Waals surface area (Å²) in [5, 5.41) is 8.59. The molecule has 1 aliphatic carbocycles. The third kappa shape index (κ3) is 3.82. The third-order valence-corrected chi connectivity index (χ3v) is 5.22. The second-order valence-corrected chi connectivity index (χ2v) is 7.39. The van der Waals surface area contributed by atoms with Gasteiger partial charge < -0.3 is 5.11 Å². The molecule has 1 aliphatic rings. The van der Waals surface area contributed by atoms with Crippen molar-refractivity contribution in [1.29, 1.82) is 0 Å². The number of hydrogen-bond donors (Lipinski definition) is 2. The number of sulfonamides is 1. The van der Waals surface area contributed by atoms with Gasteiger partial charge >= 0.3 is 0 Å². The minimum absolute atomic E-state index is 0.0597. The molecule has 0 heterocycles. The first-order valence-corrected chi connectivity index (χ1v) is 8.18. The monoisotopic (exact) mass is 311 g/mol. The molecule has 114 valence electrons. The van der Waals surface area contributed by atoms with E-state index in [4.69, 9.17) is 5.11 Å². The van der Waals surface area contributed by atoms with E-state index in [-0.39, 0.29) is 17.1 Å². The number of rotatable bonds is 4. The molecule has 21 heavy (non-hydrogen) atoms. The van der Waals surface area contributed by atoms with Crippen LogP contribution in [0.2, 0.25) is 0 Å². The van der Waals surface area contributed by atoms with Gasteiger partial charge in [-0.3, -0.25) is 0 Å². The molecule has 0 spiro atoms. The Morgan fingerprint density at radius 2 is 2.10 bits per heavy atom. The minimum Gasteiger partial charge on any atom is -0.384 e. The van der Waals surface area contributed by atoms with Crippen LogP contribution in [0.1, 0.15) is 32.3 Å². The van der Waals surface area contributed by atoms with Crippen molar-refractivity contribution in [3.05, 3.63) is 29.6 Å². The molecule has 0 bridgehead atoms. The second kappa shape index (κ2) is 5.76. The van der Waals surface area contributed by atoms with Gasteiger partial charge in [0.15, 0.2) is 0 Å². The fourth-order valence-corrected chi connectivity index (χ4v) is 3.68. The zero-order valence-electron chi connectivity index (χ0n) is 12.0. The Bertz CT molecular complexity index is 697. The highest BCUT2D eigenvalue weighted by molar-refractivity contribution is 7.89. The van der Waals surface area contributed by atoms with Crippen molar-refractivity contribution >= 4 is 10.0 Å². The van der Waals surface area contributed by atoms with Gasteiger partial charge in [0.1, 0.15) is 12.4 Å². The lowest BCUT2D eigenvalue weighted by Crippen LogP contribution is -2.45. The van der Waals surface area contributed by atoms with Crippen molar-refractivity contribution in [3.63, 3.8) is 0 Å². The predicted octanol–water partition coefficient (Wildman–Crippen LogP) is 1.64. The molecule has 0 aliphatic heterocycles. The molecule has 2 rings (SSSR count). The van der Waals surface area contributed by atoms with Crippen molar-refractivity contribution < 1.29 is 17.9 Å². The lowest BCUT2D eigenvalue weighted by molar-refractivity contribution is 0.350. The van der Waals surface area contributed by atoms with Crippen molar-refractivity contribution in [3.8, 4) is 11.8 Å². The largest absolute Gasteiger partial charge is 0.384 e. The normalized spacial score (nSPS) is 15.4. The second-order valence-electron chi connectivity index (χ2n) is 5.70. The predicted molar refractivity (Wildman–Crippen MR) is 77.5 cm³/mol. The lowest BCUT2D eigenvalue weighted by atomic mass is 10.0. The molecule has 2 N–H and O–H groups in total. The molecule has 0 amide bonds. The van der Waals surface area contributed by atoms with Gasteiger partial charge in [-0.15, -0.1) is 0 Å². The Hall–Kier alpha value is -1.42. The number of benzene rings is 1. The van der Waals surface area contributed by atoms with E-state index in [2.05, 4.69) is 16.6 Å². The fourth-order valence-electron chi connectivity index (χ4n) is 2.19. The van der Waals surface area contributed by atoms with E-state index in [1.165, 1.54) is 12.1 Å². The van der Waals surface area contributed by atoms with Gasteiger partial charge in [-0.25, -0.2) is 17.5 Å². The highest BCUT2D eigenvalue weighted by Crippen LogP contribution is 2.39. The van der Waals surface area contributed by atoms with Gasteiger partial charge in [0.05, 0.1) is 10.5 Å². The van der Waals surface area contributed by atoms with Crippen LogP contribution in [0.25, 0.3) is 0 Å². The van der Waals surface area contributed by atoms with E-state index >= 15 is 0 Å². The fraction of sp³-hybridized carbons (Fsp3) is 0.467. The molecule has 1 fully saturated rings. The highest BCUT2D eigenvalue weighted by atomic mass is 32.2. The van der Waals surface area contributed by atoms with Gasteiger partial charge in [0.2, 0.25) is 10.0 Å². The molecular weight excluding hydrogens is 293 g/mol. The molecule has 0 unspecified atom stereocenters. The Balaban J connectivity index is 2.26. The highest BCUT2D eigenvalue weighted by Gasteiger charge is 2.40. The molecule has 0 aromatic heterocycles. The van der Waals surface area contributed by atoms with Gasteiger partial charge in [-0.2, -0.15) is 0 Å². The zero-order chi connectivity index (χ0) is 15.7. The summed E-state index contributed by atoms with van der Waals surface area (Å²) in [4.78, 5) is -0.122. The van der Waals surface area contributed by atoms with Gasteiger partial charge in [0, 0.05) is 5.54 Å². The Morgan fingerprint density at radius 3 is 2.62 bits per heavy atom. The Morgan fingerprint density at radius 1 is 1.43 bits per heavy atom. The zero-order valence-corrected chi connectivity index (χ0v) is 12.8. The summed E-state index contributed by atoms with van der Waals surface area (Å²) in [7, 11) is -3.77. The SMILES string of the molecule is CC(C)(NS(=O)(=O)c1ccc(C#CCO)c(F)c1)C1CC1. The van der Waals surface area contributed by atoms with Gasteiger partial charge in [0.25, 0.3) is 0 Å². The molecule has 0 radical (unpaired) electrons. The molecule has 0 atom stereocenters. The number of aliphatic hydroxyl groups excluding tert-OH is 1. The van der Waals surface area contributed by atoms with Crippen molar-refractivity contribution in [2.24, 2.45) is 5.92 Å².